The second kappa shape index (κ2) is 5.74. The second-order valence-corrected chi connectivity index (χ2v) is 21.0. The topological polar surface area (TPSA) is 61.7 Å². The van der Waals surface area contributed by atoms with Crippen LogP contribution in [-0.4, -0.2) is 21.4 Å². The SMILES string of the molecule is C[Si](C)(C)c1cc2c(N=O)c(NO)c3cc([Si](C)(C)C)sc3c2s1. The molecular weight excluding hydrogens is 372 g/mol. The van der Waals surface area contributed by atoms with Crippen molar-refractivity contribution in [3.8, 4) is 0 Å². The first-order chi connectivity index (χ1) is 11.1. The van der Waals surface area contributed by atoms with Crippen molar-refractivity contribution in [2.45, 2.75) is 39.3 Å². The van der Waals surface area contributed by atoms with Crippen LogP contribution >= 0.6 is 22.7 Å². The Hall–Kier alpha value is -1.07. The van der Waals surface area contributed by atoms with Crippen molar-refractivity contribution in [1.29, 1.82) is 0 Å². The number of nitroso groups, excluding NO2 is 1. The molecule has 2 aromatic heterocycles. The standard InChI is InChI=1S/C16H22N2O2S2Si2/c1-23(2,3)11-7-9-13(17-19)14(18-20)10-8-12(24(4,5)6)22-16(10)15(9)21-11/h7-8,17,19H,1-6H3. The van der Waals surface area contributed by atoms with E-state index in [1.807, 2.05) is 0 Å². The predicted octanol–water partition coefficient (Wildman–Crippen LogP) is 5.41. The van der Waals surface area contributed by atoms with Crippen LogP contribution in [0.1, 0.15) is 0 Å². The molecular formula is C16H22N2O2S2Si2. The van der Waals surface area contributed by atoms with Gasteiger partial charge in [0.05, 0.1) is 31.2 Å². The highest BCUT2D eigenvalue weighted by molar-refractivity contribution is 7.37. The van der Waals surface area contributed by atoms with E-state index in [1.165, 1.54) is 9.00 Å². The fraction of sp³-hybridized carbons (Fsp3) is 0.375. The molecule has 0 aliphatic carbocycles. The molecule has 0 aliphatic heterocycles. The minimum Gasteiger partial charge on any atom is -0.291 e. The second-order valence-electron chi connectivity index (χ2n) is 8.13. The lowest BCUT2D eigenvalue weighted by Crippen LogP contribution is -2.34. The monoisotopic (exact) mass is 394 g/mol. The molecule has 0 unspecified atom stereocenters. The summed E-state index contributed by atoms with van der Waals surface area (Å²) in [5.41, 5.74) is 3.00. The van der Waals surface area contributed by atoms with Gasteiger partial charge in [0.25, 0.3) is 0 Å². The molecule has 2 N–H and O–H groups in total. The molecule has 0 atom stereocenters. The summed E-state index contributed by atoms with van der Waals surface area (Å²) in [5.74, 6) is 0. The van der Waals surface area contributed by atoms with Crippen molar-refractivity contribution in [1.82, 2.24) is 0 Å². The zero-order chi connectivity index (χ0) is 17.9. The quantitative estimate of drug-likeness (QED) is 0.353. The van der Waals surface area contributed by atoms with Gasteiger partial charge < -0.3 is 0 Å². The van der Waals surface area contributed by atoms with Gasteiger partial charge in [-0.1, -0.05) is 39.3 Å². The lowest BCUT2D eigenvalue weighted by atomic mass is 10.1. The van der Waals surface area contributed by atoms with Gasteiger partial charge in [-0.3, -0.25) is 10.7 Å². The Balaban J connectivity index is 2.50. The van der Waals surface area contributed by atoms with Crippen LogP contribution in [0.3, 0.4) is 0 Å². The fourth-order valence-electron chi connectivity index (χ4n) is 2.69. The zero-order valence-corrected chi connectivity index (χ0v) is 18.4. The lowest BCUT2D eigenvalue weighted by molar-refractivity contribution is 0.390. The first-order valence-corrected chi connectivity index (χ1v) is 16.5. The highest BCUT2D eigenvalue weighted by Gasteiger charge is 2.27. The zero-order valence-electron chi connectivity index (χ0n) is 14.8. The highest BCUT2D eigenvalue weighted by atomic mass is 32.1. The molecule has 0 aliphatic rings. The van der Waals surface area contributed by atoms with E-state index in [0.29, 0.717) is 11.4 Å². The van der Waals surface area contributed by atoms with E-state index >= 15 is 0 Å². The van der Waals surface area contributed by atoms with Gasteiger partial charge in [0.1, 0.15) is 5.69 Å². The van der Waals surface area contributed by atoms with Crippen molar-refractivity contribution >= 4 is 79.4 Å². The number of rotatable bonds is 4. The molecule has 3 aromatic rings. The Bertz CT molecular complexity index is 949. The Labute approximate surface area is 151 Å². The number of nitrogens with one attached hydrogen (secondary N) is 1. The van der Waals surface area contributed by atoms with Crippen molar-refractivity contribution in [2.24, 2.45) is 5.18 Å². The molecule has 8 heteroatoms. The van der Waals surface area contributed by atoms with Crippen LogP contribution in [0.2, 0.25) is 39.3 Å². The summed E-state index contributed by atoms with van der Waals surface area (Å²) in [6, 6.07) is 4.24. The number of hydrogen-bond donors (Lipinski definition) is 2. The van der Waals surface area contributed by atoms with Gasteiger partial charge in [-0.15, -0.1) is 27.6 Å². The van der Waals surface area contributed by atoms with Crippen LogP contribution in [0.4, 0.5) is 11.4 Å². The van der Waals surface area contributed by atoms with Crippen LogP contribution < -0.4 is 14.5 Å². The lowest BCUT2D eigenvalue weighted by Gasteiger charge is -2.12. The van der Waals surface area contributed by atoms with E-state index < -0.39 is 16.1 Å². The van der Waals surface area contributed by atoms with Crippen molar-refractivity contribution in [2.75, 3.05) is 5.48 Å². The first-order valence-electron chi connectivity index (χ1n) is 7.85. The molecule has 0 amide bonds. The van der Waals surface area contributed by atoms with Gasteiger partial charge in [0.15, 0.2) is 0 Å². The summed E-state index contributed by atoms with van der Waals surface area (Å²) in [5, 5.41) is 14.7. The van der Waals surface area contributed by atoms with Crippen LogP contribution in [-0.2, 0) is 0 Å². The van der Waals surface area contributed by atoms with Gasteiger partial charge in [-0.2, -0.15) is 0 Å². The Kier molecular flexibility index (Phi) is 4.24. The van der Waals surface area contributed by atoms with Crippen LogP contribution in [0.15, 0.2) is 17.3 Å². The van der Waals surface area contributed by atoms with E-state index in [1.54, 1.807) is 22.7 Å². The molecule has 2 heterocycles. The highest BCUT2D eigenvalue weighted by Crippen LogP contribution is 2.45. The van der Waals surface area contributed by atoms with E-state index in [9.17, 15) is 10.1 Å². The van der Waals surface area contributed by atoms with Crippen molar-refractivity contribution in [3.63, 3.8) is 0 Å². The molecule has 128 valence electrons. The first kappa shape index (κ1) is 17.7. The smallest absolute Gasteiger partial charge is 0.142 e. The minimum atomic E-state index is -1.49. The average Bonchev–Trinajstić information content (AvgIpc) is 3.07. The molecule has 3 rings (SSSR count). The number of hydrogen-bond acceptors (Lipinski definition) is 6. The molecule has 0 spiro atoms. The molecule has 0 fully saturated rings. The van der Waals surface area contributed by atoms with Gasteiger partial charge >= 0.3 is 0 Å². The third kappa shape index (κ3) is 2.76. The van der Waals surface area contributed by atoms with Crippen molar-refractivity contribution < 1.29 is 5.21 Å². The third-order valence-electron chi connectivity index (χ3n) is 4.11. The molecule has 24 heavy (non-hydrogen) atoms. The van der Waals surface area contributed by atoms with E-state index in [-0.39, 0.29) is 0 Å². The summed E-state index contributed by atoms with van der Waals surface area (Å²) in [6.45, 7) is 13.8. The maximum absolute atomic E-state index is 11.5. The van der Waals surface area contributed by atoms with Crippen LogP contribution in [0.25, 0.3) is 20.2 Å². The fourth-order valence-corrected chi connectivity index (χ4v) is 8.89. The molecule has 0 radical (unpaired) electrons. The predicted molar refractivity (Wildman–Crippen MR) is 114 cm³/mol. The molecule has 0 saturated heterocycles. The Morgan fingerprint density at radius 3 is 1.79 bits per heavy atom. The number of nitrogens with zero attached hydrogens (tertiary/aromatic N) is 1. The molecule has 4 nitrogen and oxygen atoms in total. The van der Waals surface area contributed by atoms with E-state index in [4.69, 9.17) is 0 Å². The van der Waals surface area contributed by atoms with E-state index in [0.717, 1.165) is 20.2 Å². The summed E-state index contributed by atoms with van der Waals surface area (Å²) < 4.78 is 4.99. The van der Waals surface area contributed by atoms with Gasteiger partial charge in [0.2, 0.25) is 0 Å². The van der Waals surface area contributed by atoms with Crippen LogP contribution in [0.5, 0.6) is 0 Å². The van der Waals surface area contributed by atoms with E-state index in [2.05, 4.69) is 62.1 Å². The van der Waals surface area contributed by atoms with Crippen molar-refractivity contribution in [3.05, 3.63) is 17.0 Å². The third-order valence-corrected chi connectivity index (χ3v) is 13.7. The molecule has 1 aromatic carbocycles. The molecule has 0 bridgehead atoms. The number of fused-ring (bicyclic) bond motifs is 3. The van der Waals surface area contributed by atoms with Gasteiger partial charge in [-0.05, 0) is 26.3 Å². The number of thiophene rings is 2. The summed E-state index contributed by atoms with van der Waals surface area (Å²) in [4.78, 5) is 11.5. The number of anilines is 1. The maximum atomic E-state index is 11.5. The van der Waals surface area contributed by atoms with Crippen LogP contribution in [0, 0.1) is 4.91 Å². The largest absolute Gasteiger partial charge is 0.291 e. The summed E-state index contributed by atoms with van der Waals surface area (Å²) in [6.07, 6.45) is 0. The minimum absolute atomic E-state index is 0.320. The van der Waals surface area contributed by atoms with Gasteiger partial charge in [0, 0.05) is 10.8 Å². The number of benzene rings is 1. The van der Waals surface area contributed by atoms with Gasteiger partial charge in [-0.25, -0.2) is 0 Å². The summed E-state index contributed by atoms with van der Waals surface area (Å²) in [7, 11) is -2.97. The summed E-state index contributed by atoms with van der Waals surface area (Å²) >= 11 is 3.58. The average molecular weight is 395 g/mol. The maximum Gasteiger partial charge on any atom is 0.142 e. The normalized spacial score (nSPS) is 13.0. The Morgan fingerprint density at radius 1 is 0.917 bits per heavy atom. The molecule has 0 saturated carbocycles. The Morgan fingerprint density at radius 2 is 1.38 bits per heavy atom.